The second-order valence-corrected chi connectivity index (χ2v) is 5.34. The molecule has 19 heavy (non-hydrogen) atoms. The zero-order valence-electron chi connectivity index (χ0n) is 11.7. The van der Waals surface area contributed by atoms with Crippen LogP contribution in [-0.4, -0.2) is 51.1 Å². The van der Waals surface area contributed by atoms with Crippen molar-refractivity contribution < 1.29 is 19.0 Å². The number of carbonyl (C=O) groups is 1. The molecule has 1 heterocycles. The minimum absolute atomic E-state index is 0.151. The van der Waals surface area contributed by atoms with E-state index in [0.29, 0.717) is 31.6 Å². The molecule has 0 spiro atoms. The van der Waals surface area contributed by atoms with Crippen LogP contribution < -0.4 is 5.32 Å². The van der Waals surface area contributed by atoms with Gasteiger partial charge in [-0.3, -0.25) is 4.79 Å². The number of esters is 1. The summed E-state index contributed by atoms with van der Waals surface area (Å²) in [5.74, 6) is 0.375. The first-order valence-corrected chi connectivity index (χ1v) is 7.37. The molecule has 5 heteroatoms. The molecule has 0 aromatic carbocycles. The molecule has 0 amide bonds. The van der Waals surface area contributed by atoms with Crippen LogP contribution in [0.25, 0.3) is 0 Å². The SMILES string of the molecule is CCOC(=O)C(CCOCC1CCOC1)NC1CC1. The Labute approximate surface area is 115 Å². The fourth-order valence-electron chi connectivity index (χ4n) is 2.21. The molecule has 1 N–H and O–H groups in total. The van der Waals surface area contributed by atoms with Crippen molar-refractivity contribution in [2.45, 2.75) is 44.7 Å². The van der Waals surface area contributed by atoms with Crippen LogP contribution in [-0.2, 0) is 19.0 Å². The summed E-state index contributed by atoms with van der Waals surface area (Å²) in [5, 5.41) is 3.32. The van der Waals surface area contributed by atoms with E-state index >= 15 is 0 Å². The van der Waals surface area contributed by atoms with Gasteiger partial charge in [0, 0.05) is 25.2 Å². The number of nitrogens with one attached hydrogen (secondary N) is 1. The van der Waals surface area contributed by atoms with Gasteiger partial charge in [-0.25, -0.2) is 0 Å². The van der Waals surface area contributed by atoms with Crippen molar-refractivity contribution in [3.63, 3.8) is 0 Å². The summed E-state index contributed by atoms with van der Waals surface area (Å²) in [7, 11) is 0. The summed E-state index contributed by atoms with van der Waals surface area (Å²) >= 11 is 0. The van der Waals surface area contributed by atoms with Crippen molar-refractivity contribution in [1.82, 2.24) is 5.32 Å². The van der Waals surface area contributed by atoms with Gasteiger partial charge in [-0.05, 0) is 32.6 Å². The van der Waals surface area contributed by atoms with Gasteiger partial charge in [-0.15, -0.1) is 0 Å². The number of hydrogen-bond donors (Lipinski definition) is 1. The summed E-state index contributed by atoms with van der Waals surface area (Å²) in [4.78, 5) is 11.8. The minimum atomic E-state index is -0.215. The van der Waals surface area contributed by atoms with Gasteiger partial charge in [-0.1, -0.05) is 0 Å². The van der Waals surface area contributed by atoms with Crippen LogP contribution in [0.1, 0.15) is 32.6 Å². The molecule has 1 aliphatic carbocycles. The van der Waals surface area contributed by atoms with Crippen molar-refractivity contribution in [1.29, 1.82) is 0 Å². The lowest BCUT2D eigenvalue weighted by molar-refractivity contribution is -0.146. The average molecular weight is 271 g/mol. The molecule has 1 saturated heterocycles. The van der Waals surface area contributed by atoms with Crippen LogP contribution in [0.3, 0.4) is 0 Å². The van der Waals surface area contributed by atoms with Gasteiger partial charge in [0.2, 0.25) is 0 Å². The topological polar surface area (TPSA) is 56.8 Å². The predicted molar refractivity (Wildman–Crippen MR) is 70.9 cm³/mol. The molecule has 0 aromatic heterocycles. The van der Waals surface area contributed by atoms with Crippen molar-refractivity contribution in [3.05, 3.63) is 0 Å². The van der Waals surface area contributed by atoms with E-state index in [0.717, 1.165) is 39.1 Å². The lowest BCUT2D eigenvalue weighted by Gasteiger charge is -2.17. The standard InChI is InChI=1S/C14H25NO4/c1-2-19-14(16)13(15-12-3-4-12)6-8-18-10-11-5-7-17-9-11/h11-13,15H,2-10H2,1H3. The van der Waals surface area contributed by atoms with Crippen molar-refractivity contribution in [2.24, 2.45) is 5.92 Å². The highest BCUT2D eigenvalue weighted by Gasteiger charge is 2.29. The summed E-state index contributed by atoms with van der Waals surface area (Å²) < 4.78 is 16.0. The van der Waals surface area contributed by atoms with Gasteiger partial charge >= 0.3 is 5.97 Å². The molecular weight excluding hydrogens is 246 g/mol. The Balaban J connectivity index is 1.61. The summed E-state index contributed by atoms with van der Waals surface area (Å²) in [6, 6.07) is 0.282. The highest BCUT2D eigenvalue weighted by atomic mass is 16.5. The van der Waals surface area contributed by atoms with E-state index in [1.54, 1.807) is 0 Å². The number of carbonyl (C=O) groups excluding carboxylic acids is 1. The summed E-state index contributed by atoms with van der Waals surface area (Å²) in [6.07, 6.45) is 4.09. The lowest BCUT2D eigenvalue weighted by atomic mass is 10.1. The fraction of sp³-hybridized carbons (Fsp3) is 0.929. The summed E-state index contributed by atoms with van der Waals surface area (Å²) in [5.41, 5.74) is 0. The maximum atomic E-state index is 11.8. The Kier molecular flexibility index (Phi) is 6.07. The second-order valence-electron chi connectivity index (χ2n) is 5.34. The number of rotatable bonds is 9. The third kappa shape index (κ3) is 5.47. The largest absolute Gasteiger partial charge is 0.465 e. The van der Waals surface area contributed by atoms with Crippen LogP contribution in [0.5, 0.6) is 0 Å². The second kappa shape index (κ2) is 7.82. The van der Waals surface area contributed by atoms with E-state index in [1.165, 1.54) is 0 Å². The van der Waals surface area contributed by atoms with Crippen molar-refractivity contribution >= 4 is 5.97 Å². The Morgan fingerprint density at radius 2 is 2.26 bits per heavy atom. The quantitative estimate of drug-likeness (QED) is 0.503. The third-order valence-electron chi connectivity index (χ3n) is 3.51. The maximum Gasteiger partial charge on any atom is 0.323 e. The Bertz CT molecular complexity index is 275. The molecule has 5 nitrogen and oxygen atoms in total. The van der Waals surface area contributed by atoms with Crippen LogP contribution >= 0.6 is 0 Å². The fourth-order valence-corrected chi connectivity index (χ4v) is 2.21. The molecule has 2 unspecified atom stereocenters. The molecule has 0 radical (unpaired) electrons. The highest BCUT2D eigenvalue weighted by Crippen LogP contribution is 2.20. The van der Waals surface area contributed by atoms with Crippen LogP contribution in [0.2, 0.25) is 0 Å². The Morgan fingerprint density at radius 1 is 1.42 bits per heavy atom. The lowest BCUT2D eigenvalue weighted by Crippen LogP contribution is -2.40. The van der Waals surface area contributed by atoms with Crippen LogP contribution in [0.15, 0.2) is 0 Å². The molecule has 1 saturated carbocycles. The first-order chi connectivity index (χ1) is 9.29. The predicted octanol–water partition coefficient (Wildman–Crippen LogP) is 1.11. The zero-order chi connectivity index (χ0) is 13.5. The van der Waals surface area contributed by atoms with E-state index in [1.807, 2.05) is 6.92 Å². The normalized spacial score (nSPS) is 24.4. The summed E-state index contributed by atoms with van der Waals surface area (Å²) in [6.45, 7) is 5.26. The van der Waals surface area contributed by atoms with Gasteiger partial charge in [0.25, 0.3) is 0 Å². The molecular formula is C14H25NO4. The van der Waals surface area contributed by atoms with E-state index in [-0.39, 0.29) is 12.0 Å². The molecule has 1 aliphatic heterocycles. The maximum absolute atomic E-state index is 11.8. The van der Waals surface area contributed by atoms with Gasteiger partial charge in [0.05, 0.1) is 19.8 Å². The minimum Gasteiger partial charge on any atom is -0.465 e. The molecule has 2 fully saturated rings. The molecule has 2 atom stereocenters. The first kappa shape index (κ1) is 14.8. The highest BCUT2D eigenvalue weighted by molar-refractivity contribution is 5.75. The van der Waals surface area contributed by atoms with E-state index in [9.17, 15) is 4.79 Å². The average Bonchev–Trinajstić information content (AvgIpc) is 3.07. The van der Waals surface area contributed by atoms with Crippen molar-refractivity contribution in [2.75, 3.05) is 33.0 Å². The van der Waals surface area contributed by atoms with E-state index < -0.39 is 0 Å². The first-order valence-electron chi connectivity index (χ1n) is 7.37. The number of hydrogen-bond acceptors (Lipinski definition) is 5. The van der Waals surface area contributed by atoms with Gasteiger partial charge < -0.3 is 19.5 Å². The Hall–Kier alpha value is -0.650. The van der Waals surface area contributed by atoms with Crippen LogP contribution in [0, 0.1) is 5.92 Å². The number of ether oxygens (including phenoxy) is 3. The van der Waals surface area contributed by atoms with Gasteiger partial charge in [-0.2, -0.15) is 0 Å². The van der Waals surface area contributed by atoms with Gasteiger partial charge in [0.15, 0.2) is 0 Å². The molecule has 110 valence electrons. The monoisotopic (exact) mass is 271 g/mol. The molecule has 2 rings (SSSR count). The zero-order valence-corrected chi connectivity index (χ0v) is 11.7. The Morgan fingerprint density at radius 3 is 2.89 bits per heavy atom. The molecule has 2 aliphatic rings. The molecule has 0 aromatic rings. The van der Waals surface area contributed by atoms with E-state index in [2.05, 4.69) is 5.32 Å². The van der Waals surface area contributed by atoms with Gasteiger partial charge in [0.1, 0.15) is 6.04 Å². The smallest absolute Gasteiger partial charge is 0.323 e. The third-order valence-corrected chi connectivity index (χ3v) is 3.51. The molecule has 0 bridgehead atoms. The van der Waals surface area contributed by atoms with E-state index in [4.69, 9.17) is 14.2 Å². The van der Waals surface area contributed by atoms with Crippen molar-refractivity contribution in [3.8, 4) is 0 Å². The van der Waals surface area contributed by atoms with Crippen LogP contribution in [0.4, 0.5) is 0 Å².